The predicted octanol–water partition coefficient (Wildman–Crippen LogP) is 8.82. The monoisotopic (exact) mass is 581 g/mol. The van der Waals surface area contributed by atoms with Gasteiger partial charge in [-0.3, -0.25) is 0 Å². The van der Waals surface area contributed by atoms with Crippen LogP contribution < -0.4 is 0 Å². The molecule has 33 heavy (non-hydrogen) atoms. The van der Waals surface area contributed by atoms with E-state index < -0.39 is 26.5 Å². The van der Waals surface area contributed by atoms with Gasteiger partial charge in [-0.15, -0.1) is 0 Å². The second kappa shape index (κ2) is 15.7. The Morgan fingerprint density at radius 3 is 2.03 bits per heavy atom. The van der Waals surface area contributed by atoms with E-state index in [-0.39, 0.29) is 12.1 Å². The number of carbonyl (C=O) groups excluding carboxylic acids is 1. The molecule has 1 saturated heterocycles. The molecule has 1 amide bonds. The van der Waals surface area contributed by atoms with Crippen LogP contribution in [-0.4, -0.2) is 49.3 Å². The predicted molar refractivity (Wildman–Crippen MR) is 153 cm³/mol. The third-order valence-corrected chi connectivity index (χ3v) is 26.4. The second-order valence-electron chi connectivity index (χ2n) is 11.7. The van der Waals surface area contributed by atoms with E-state index in [0.717, 1.165) is 19.3 Å². The average molecular weight is 581 g/mol. The maximum atomic E-state index is 13.0. The van der Waals surface area contributed by atoms with E-state index in [4.69, 9.17) is 6.42 Å². The number of allylic oxidation sites excluding steroid dienone is 1. The molecule has 2 atom stereocenters. The molecule has 1 rings (SSSR count). The van der Waals surface area contributed by atoms with Crippen molar-refractivity contribution < 1.29 is 4.79 Å². The molecule has 1 heterocycles. The molecule has 2 nitrogen and oxygen atoms in total. The quantitative estimate of drug-likeness (QED) is 0.124. The van der Waals surface area contributed by atoms with Gasteiger partial charge in [0, 0.05) is 0 Å². The molecular weight excluding hydrogens is 525 g/mol. The Bertz CT molecular complexity index is 623. The molecule has 0 saturated carbocycles. The van der Waals surface area contributed by atoms with E-state index in [1.165, 1.54) is 43.0 Å². The zero-order valence-corrected chi connectivity index (χ0v) is 27.1. The molecule has 1 aliphatic rings. The van der Waals surface area contributed by atoms with Crippen molar-refractivity contribution in [3.8, 4) is 12.3 Å². The van der Waals surface area contributed by atoms with Crippen molar-refractivity contribution >= 4 is 32.4 Å². The van der Waals surface area contributed by atoms with E-state index in [1.54, 1.807) is 18.5 Å². The number of hydrogen-bond donors (Lipinski definition) is 0. The van der Waals surface area contributed by atoms with Gasteiger partial charge < -0.3 is 0 Å². The number of amides is 1. The molecule has 4 heteroatoms. The number of unbranched alkanes of at least 4 members (excludes halogenated alkanes) is 3. The third-order valence-electron chi connectivity index (χ3n) is 7.77. The molecule has 0 bridgehead atoms. The summed E-state index contributed by atoms with van der Waals surface area (Å²) in [5, 5.41) is 1.79. The van der Waals surface area contributed by atoms with Crippen LogP contribution in [0.4, 0.5) is 0 Å². The fraction of sp³-hybridized carbons (Fsp3) is 0.828. The zero-order valence-electron chi connectivity index (χ0n) is 23.3. The van der Waals surface area contributed by atoms with Gasteiger partial charge in [-0.25, -0.2) is 0 Å². The third kappa shape index (κ3) is 10.1. The van der Waals surface area contributed by atoms with Crippen LogP contribution in [0.25, 0.3) is 0 Å². The van der Waals surface area contributed by atoms with Crippen molar-refractivity contribution in [2.45, 2.75) is 148 Å². The van der Waals surface area contributed by atoms with Crippen molar-refractivity contribution in [1.29, 1.82) is 0 Å². The van der Waals surface area contributed by atoms with E-state index in [2.05, 4.69) is 64.2 Å². The summed E-state index contributed by atoms with van der Waals surface area (Å²) < 4.78 is 6.14. The summed E-state index contributed by atoms with van der Waals surface area (Å²) in [6.07, 6.45) is 21.1. The van der Waals surface area contributed by atoms with E-state index in [1.807, 2.05) is 0 Å². The molecule has 0 spiro atoms. The first-order chi connectivity index (χ1) is 15.7. The Labute approximate surface area is 212 Å². The molecular formula is C29H55NOSiSn. The van der Waals surface area contributed by atoms with Gasteiger partial charge in [0.1, 0.15) is 0 Å². The van der Waals surface area contributed by atoms with Gasteiger partial charge >= 0.3 is 213 Å². The van der Waals surface area contributed by atoms with Crippen LogP contribution in [0.2, 0.25) is 37.4 Å². The van der Waals surface area contributed by atoms with Crippen molar-refractivity contribution in [1.82, 2.24) is 4.90 Å². The summed E-state index contributed by atoms with van der Waals surface area (Å²) in [6.45, 7) is 17.0. The van der Waals surface area contributed by atoms with Crippen LogP contribution in [0.1, 0.15) is 98.3 Å². The van der Waals surface area contributed by atoms with Gasteiger partial charge in [0.2, 0.25) is 0 Å². The van der Waals surface area contributed by atoms with Gasteiger partial charge in [-0.1, -0.05) is 0 Å². The van der Waals surface area contributed by atoms with Crippen LogP contribution in [0.5, 0.6) is 0 Å². The summed E-state index contributed by atoms with van der Waals surface area (Å²) >= 11 is -2.30. The number of likely N-dealkylation sites (tertiary alicyclic amines) is 1. The van der Waals surface area contributed by atoms with Crippen LogP contribution >= 0.6 is 0 Å². The minimum atomic E-state index is -2.30. The van der Waals surface area contributed by atoms with Gasteiger partial charge in [-0.05, 0) is 0 Å². The topological polar surface area (TPSA) is 20.3 Å². The van der Waals surface area contributed by atoms with Crippen molar-refractivity contribution in [2.75, 3.05) is 0 Å². The summed E-state index contributed by atoms with van der Waals surface area (Å²) in [4.78, 5) is 15.2. The number of carbonyl (C=O) groups is 1. The summed E-state index contributed by atoms with van der Waals surface area (Å²) in [5.41, 5.74) is 0. The molecule has 190 valence electrons. The van der Waals surface area contributed by atoms with Gasteiger partial charge in [0.15, 0.2) is 0 Å². The zero-order chi connectivity index (χ0) is 24.9. The normalized spacial score (nSPS) is 18.6. The Balaban J connectivity index is 3.41. The number of hydrogen-bond acceptors (Lipinski definition) is 1. The van der Waals surface area contributed by atoms with E-state index in [0.29, 0.717) is 18.7 Å². The molecule has 0 aromatic carbocycles. The summed E-state index contributed by atoms with van der Waals surface area (Å²) in [5.74, 6) is 3.18. The first-order valence-electron chi connectivity index (χ1n) is 14.1. The fourth-order valence-corrected chi connectivity index (χ4v) is 29.7. The molecule has 0 aliphatic carbocycles. The number of terminal acetylenes is 1. The van der Waals surface area contributed by atoms with Crippen molar-refractivity contribution in [3.05, 3.63) is 11.3 Å². The fourth-order valence-electron chi connectivity index (χ4n) is 5.66. The summed E-state index contributed by atoms with van der Waals surface area (Å²) in [7, 11) is -1.48. The van der Waals surface area contributed by atoms with Crippen LogP contribution in [0.3, 0.4) is 0 Å². The van der Waals surface area contributed by atoms with Gasteiger partial charge in [-0.2, -0.15) is 0 Å². The molecule has 0 radical (unpaired) electrons. The number of nitrogens with zero attached hydrogens (tertiary/aromatic N) is 1. The van der Waals surface area contributed by atoms with Crippen LogP contribution in [-0.2, 0) is 4.79 Å². The molecule has 0 aromatic heterocycles. The molecule has 1 aliphatic heterocycles. The Morgan fingerprint density at radius 1 is 1.06 bits per heavy atom. The minimum absolute atomic E-state index is 0.242. The van der Waals surface area contributed by atoms with Gasteiger partial charge in [0.05, 0.1) is 0 Å². The van der Waals surface area contributed by atoms with Crippen molar-refractivity contribution in [3.63, 3.8) is 0 Å². The molecule has 2 unspecified atom stereocenters. The van der Waals surface area contributed by atoms with Crippen LogP contribution in [0, 0.1) is 12.3 Å². The number of rotatable bonds is 17. The maximum absolute atomic E-state index is 13.0. The Hall–Kier alpha value is -0.214. The SMILES string of the molecule is C#CCC1CCC(=O)N1C(/C=C(\[CH2][Sn]([CH2]CCC)([CH2]CCC)[CH2]CCC)[Si](C)(C)C)CCC. The average Bonchev–Trinajstić information content (AvgIpc) is 3.13. The first-order valence-corrected chi connectivity index (χ1v) is 25.7. The van der Waals surface area contributed by atoms with E-state index in [9.17, 15) is 4.79 Å². The first kappa shape index (κ1) is 30.8. The molecule has 0 N–H and O–H groups in total. The molecule has 0 aromatic rings. The Morgan fingerprint density at radius 2 is 1.61 bits per heavy atom. The Kier molecular flexibility index (Phi) is 14.7. The van der Waals surface area contributed by atoms with Crippen molar-refractivity contribution in [2.24, 2.45) is 0 Å². The van der Waals surface area contributed by atoms with E-state index >= 15 is 0 Å². The van der Waals surface area contributed by atoms with Crippen LogP contribution in [0.15, 0.2) is 11.3 Å². The standard InChI is InChI=1S/C17H28NOSi.3C4H9.Sn/c1-7-9-15-11-12-17(19)18(15)16(10-8-2)13-14(3)20(4,5)6;3*1-3-4-2;/h1,13,15-16H,3,8-12H2,2,4-6H3;3*1,3-4H2,2H3;/b14-13+;;;;. The van der Waals surface area contributed by atoms with Gasteiger partial charge in [0.25, 0.3) is 0 Å². The second-order valence-corrected chi connectivity index (χ2v) is 30.7. The molecule has 1 fully saturated rings. The summed E-state index contributed by atoms with van der Waals surface area (Å²) in [6, 6.07) is 0.490.